The number of hydroxylamine groups is 3. The Morgan fingerprint density at radius 1 is 1.00 bits per heavy atom. The van der Waals surface area contributed by atoms with E-state index in [0.717, 1.165) is 25.1 Å². The van der Waals surface area contributed by atoms with Crippen molar-refractivity contribution in [2.45, 2.75) is 25.4 Å². The fourth-order valence-corrected chi connectivity index (χ4v) is 4.17. The molecule has 0 aromatic heterocycles. The summed E-state index contributed by atoms with van der Waals surface area (Å²) >= 11 is 0. The molecule has 2 aromatic rings. The smallest absolute Gasteiger partial charge is 0.104 e. The second-order valence-corrected chi connectivity index (χ2v) is 6.96. The van der Waals surface area contributed by atoms with E-state index in [1.807, 2.05) is 18.2 Å². The van der Waals surface area contributed by atoms with Gasteiger partial charge in [-0.3, -0.25) is 4.90 Å². The van der Waals surface area contributed by atoms with E-state index in [2.05, 4.69) is 41.3 Å². The van der Waals surface area contributed by atoms with Crippen molar-refractivity contribution in [3.05, 3.63) is 76.5 Å². The van der Waals surface area contributed by atoms with Crippen molar-refractivity contribution in [3.8, 4) is 0 Å². The van der Waals surface area contributed by atoms with Crippen LogP contribution in [-0.2, 0) is 13.0 Å². The lowest BCUT2D eigenvalue weighted by molar-refractivity contribution is -0.902. The first-order chi connectivity index (χ1) is 11.2. The van der Waals surface area contributed by atoms with Crippen molar-refractivity contribution in [3.63, 3.8) is 0 Å². The summed E-state index contributed by atoms with van der Waals surface area (Å²) in [4.78, 5) is 2.53. The molecule has 2 aliphatic rings. The van der Waals surface area contributed by atoms with Crippen molar-refractivity contribution in [2.24, 2.45) is 0 Å². The van der Waals surface area contributed by atoms with E-state index >= 15 is 0 Å². The Morgan fingerprint density at radius 3 is 2.65 bits per heavy atom. The number of nitrogens with zero attached hydrogens (tertiary/aromatic N) is 2. The molecular weight excluding hydrogens is 284 g/mol. The molecule has 2 aromatic carbocycles. The standard InChI is InChI=1S/C20H24N2O/c23-22(15-17-7-2-1-3-8-17)14-13-21-12-6-10-18-9-4-5-11-19(18)20(21)16-22/h1-5,7-9,11,20H,6,10,12-16H2. The van der Waals surface area contributed by atoms with Gasteiger partial charge >= 0.3 is 0 Å². The largest absolute Gasteiger partial charge is 0.632 e. The third kappa shape index (κ3) is 3.05. The van der Waals surface area contributed by atoms with Crippen LogP contribution in [0.4, 0.5) is 0 Å². The first kappa shape index (κ1) is 14.9. The van der Waals surface area contributed by atoms with Crippen LogP contribution in [-0.4, -0.2) is 35.7 Å². The summed E-state index contributed by atoms with van der Waals surface area (Å²) in [6.45, 7) is 3.99. The summed E-state index contributed by atoms with van der Waals surface area (Å²) < 4.78 is -0.0977. The summed E-state index contributed by atoms with van der Waals surface area (Å²) in [5, 5.41) is 13.4. The van der Waals surface area contributed by atoms with Crippen LogP contribution in [0.2, 0.25) is 0 Å². The van der Waals surface area contributed by atoms with Gasteiger partial charge in [0.15, 0.2) is 0 Å². The first-order valence-electron chi connectivity index (χ1n) is 8.66. The summed E-state index contributed by atoms with van der Waals surface area (Å²) in [6, 6.07) is 19.2. The Hall–Kier alpha value is -1.68. The maximum absolute atomic E-state index is 13.4. The Labute approximate surface area is 138 Å². The van der Waals surface area contributed by atoms with Crippen LogP contribution in [0, 0.1) is 5.21 Å². The molecule has 2 heterocycles. The normalized spacial score (nSPS) is 27.8. The molecule has 0 aliphatic carbocycles. The van der Waals surface area contributed by atoms with Gasteiger partial charge in [-0.05, 0) is 30.5 Å². The van der Waals surface area contributed by atoms with Crippen LogP contribution in [0.5, 0.6) is 0 Å². The quantitative estimate of drug-likeness (QED) is 0.627. The average Bonchev–Trinajstić information content (AvgIpc) is 2.75. The maximum Gasteiger partial charge on any atom is 0.104 e. The molecule has 2 unspecified atom stereocenters. The van der Waals surface area contributed by atoms with Gasteiger partial charge in [0.05, 0.1) is 19.1 Å². The molecule has 1 fully saturated rings. The average molecular weight is 308 g/mol. The van der Waals surface area contributed by atoms with Gasteiger partial charge in [-0.2, -0.15) is 0 Å². The van der Waals surface area contributed by atoms with E-state index in [1.54, 1.807) is 0 Å². The topological polar surface area (TPSA) is 26.3 Å². The minimum absolute atomic E-state index is 0.0977. The molecule has 4 rings (SSSR count). The van der Waals surface area contributed by atoms with Crippen molar-refractivity contribution in [1.82, 2.24) is 4.90 Å². The highest BCUT2D eigenvalue weighted by molar-refractivity contribution is 5.31. The lowest BCUT2D eigenvalue weighted by Gasteiger charge is -2.51. The Balaban J connectivity index is 1.61. The second-order valence-electron chi connectivity index (χ2n) is 6.96. The van der Waals surface area contributed by atoms with E-state index in [-0.39, 0.29) is 10.7 Å². The van der Waals surface area contributed by atoms with Gasteiger partial charge in [-0.15, -0.1) is 0 Å². The molecular formula is C20H24N2O. The number of fused-ring (bicyclic) bond motifs is 3. The van der Waals surface area contributed by atoms with Crippen LogP contribution in [0.1, 0.15) is 29.2 Å². The Morgan fingerprint density at radius 2 is 1.78 bits per heavy atom. The first-order valence-corrected chi connectivity index (χ1v) is 8.66. The van der Waals surface area contributed by atoms with E-state index in [1.165, 1.54) is 17.5 Å². The minimum Gasteiger partial charge on any atom is -0.632 e. The van der Waals surface area contributed by atoms with Gasteiger partial charge in [0, 0.05) is 12.1 Å². The highest BCUT2D eigenvalue weighted by Crippen LogP contribution is 2.34. The van der Waals surface area contributed by atoms with E-state index in [9.17, 15) is 5.21 Å². The van der Waals surface area contributed by atoms with E-state index < -0.39 is 0 Å². The van der Waals surface area contributed by atoms with Gasteiger partial charge in [0.1, 0.15) is 6.54 Å². The fraction of sp³-hybridized carbons (Fsp3) is 0.400. The zero-order chi connectivity index (χ0) is 15.7. The van der Waals surface area contributed by atoms with Gasteiger partial charge in [0.2, 0.25) is 0 Å². The minimum atomic E-state index is -0.0977. The summed E-state index contributed by atoms with van der Waals surface area (Å²) in [6.07, 6.45) is 2.34. The van der Waals surface area contributed by atoms with Crippen molar-refractivity contribution < 1.29 is 4.65 Å². The molecule has 120 valence electrons. The number of hydrogen-bond acceptors (Lipinski definition) is 2. The van der Waals surface area contributed by atoms with Gasteiger partial charge < -0.3 is 9.85 Å². The molecule has 0 bridgehead atoms. The summed E-state index contributed by atoms with van der Waals surface area (Å²) in [7, 11) is 0. The van der Waals surface area contributed by atoms with Crippen LogP contribution in [0.3, 0.4) is 0 Å². The van der Waals surface area contributed by atoms with Crippen LogP contribution >= 0.6 is 0 Å². The molecule has 0 spiro atoms. The molecule has 2 aliphatic heterocycles. The van der Waals surface area contributed by atoms with E-state index in [0.29, 0.717) is 19.6 Å². The summed E-state index contributed by atoms with van der Waals surface area (Å²) in [5.74, 6) is 0. The SMILES string of the molecule is [O-][N+]1(Cc2ccccc2)CCN2CCCc3ccccc3C2C1. The lowest BCUT2D eigenvalue weighted by Crippen LogP contribution is -2.56. The number of benzene rings is 2. The predicted octanol–water partition coefficient (Wildman–Crippen LogP) is 3.50. The third-order valence-electron chi connectivity index (χ3n) is 5.36. The van der Waals surface area contributed by atoms with Crippen molar-refractivity contribution in [2.75, 3.05) is 26.2 Å². The highest BCUT2D eigenvalue weighted by Gasteiger charge is 2.36. The number of piperazine rings is 1. The van der Waals surface area contributed by atoms with Crippen molar-refractivity contribution >= 4 is 0 Å². The molecule has 0 saturated carbocycles. The van der Waals surface area contributed by atoms with Gasteiger partial charge in [0.25, 0.3) is 0 Å². The maximum atomic E-state index is 13.4. The lowest BCUT2D eigenvalue weighted by atomic mass is 9.96. The molecule has 0 radical (unpaired) electrons. The highest BCUT2D eigenvalue weighted by atomic mass is 16.5. The van der Waals surface area contributed by atoms with Crippen LogP contribution in [0.15, 0.2) is 54.6 Å². The zero-order valence-electron chi connectivity index (χ0n) is 13.5. The molecule has 1 saturated heterocycles. The van der Waals surface area contributed by atoms with Gasteiger partial charge in [-0.1, -0.05) is 54.6 Å². The monoisotopic (exact) mass is 308 g/mol. The van der Waals surface area contributed by atoms with Crippen LogP contribution in [0.25, 0.3) is 0 Å². The molecule has 2 atom stereocenters. The second kappa shape index (κ2) is 6.08. The number of quaternary nitrogens is 1. The third-order valence-corrected chi connectivity index (χ3v) is 5.36. The molecule has 3 heteroatoms. The predicted molar refractivity (Wildman–Crippen MR) is 92.6 cm³/mol. The van der Waals surface area contributed by atoms with E-state index in [4.69, 9.17) is 0 Å². The number of aryl methyl sites for hydroxylation is 1. The van der Waals surface area contributed by atoms with Gasteiger partial charge in [-0.25, -0.2) is 0 Å². The number of hydrogen-bond donors (Lipinski definition) is 0. The number of rotatable bonds is 2. The Bertz CT molecular complexity index is 672. The molecule has 0 amide bonds. The Kier molecular flexibility index (Phi) is 3.93. The van der Waals surface area contributed by atoms with Crippen LogP contribution < -0.4 is 0 Å². The van der Waals surface area contributed by atoms with Crippen molar-refractivity contribution in [1.29, 1.82) is 0 Å². The molecule has 23 heavy (non-hydrogen) atoms. The molecule has 0 N–H and O–H groups in total. The zero-order valence-corrected chi connectivity index (χ0v) is 13.5. The fourth-order valence-electron chi connectivity index (χ4n) is 4.17. The summed E-state index contributed by atoms with van der Waals surface area (Å²) in [5.41, 5.74) is 3.97. The molecule has 3 nitrogen and oxygen atoms in total.